The number of nitrogens with one attached hydrogen (secondary N) is 1. The Balaban J connectivity index is 1.56. The number of nitrogens with zero attached hydrogens (tertiary/aromatic N) is 4. The summed E-state index contributed by atoms with van der Waals surface area (Å²) in [5.41, 5.74) is 2.66. The fourth-order valence-electron chi connectivity index (χ4n) is 4.62. The van der Waals surface area contributed by atoms with Crippen molar-refractivity contribution in [3.05, 3.63) is 52.0 Å². The van der Waals surface area contributed by atoms with E-state index in [4.69, 9.17) is 0 Å². The first-order valence-electron chi connectivity index (χ1n) is 9.79. The van der Waals surface area contributed by atoms with Crippen LogP contribution in [0.5, 0.6) is 0 Å². The predicted octanol–water partition coefficient (Wildman–Crippen LogP) is 1.51. The standard InChI is InChI=1S/C20H27N5O2/c1-3-8-25-10-5-16-18(22-14-21-16)20(25)6-11-24(12-7-20)19(27)15-4-9-23(2)17(26)13-15/h4,9,13-14H,3,5-8,10-12H2,1-2H3,(H,21,22). The summed E-state index contributed by atoms with van der Waals surface area (Å²) in [6, 6.07) is 3.16. The third-order valence-corrected chi connectivity index (χ3v) is 6.12. The number of carbonyl (C=O) groups is 1. The molecule has 1 spiro atoms. The maximum atomic E-state index is 12.9. The summed E-state index contributed by atoms with van der Waals surface area (Å²) in [5, 5.41) is 0. The molecule has 2 aliphatic heterocycles. The molecule has 0 atom stereocenters. The van der Waals surface area contributed by atoms with E-state index in [1.54, 1.807) is 25.6 Å². The van der Waals surface area contributed by atoms with Crippen LogP contribution in [0.2, 0.25) is 0 Å². The van der Waals surface area contributed by atoms with Crippen LogP contribution in [0.15, 0.2) is 29.5 Å². The fourth-order valence-corrected chi connectivity index (χ4v) is 4.62. The van der Waals surface area contributed by atoms with Gasteiger partial charge in [-0.25, -0.2) is 4.98 Å². The number of carbonyl (C=O) groups excluding carboxylic acids is 1. The molecule has 7 nitrogen and oxygen atoms in total. The SMILES string of the molecule is CCCN1CCc2[nH]cnc2C12CCN(C(=O)c1ccn(C)c(=O)c1)CC2. The molecule has 0 aliphatic carbocycles. The zero-order valence-corrected chi connectivity index (χ0v) is 16.1. The summed E-state index contributed by atoms with van der Waals surface area (Å²) in [5.74, 6) is -0.0531. The van der Waals surface area contributed by atoms with Crippen molar-refractivity contribution >= 4 is 5.91 Å². The third kappa shape index (κ3) is 3.00. The molecule has 2 aromatic rings. The minimum atomic E-state index is -0.156. The number of fused-ring (bicyclic) bond motifs is 2. The van der Waals surface area contributed by atoms with Gasteiger partial charge in [0.1, 0.15) is 0 Å². The van der Waals surface area contributed by atoms with Crippen LogP contribution in [-0.2, 0) is 19.0 Å². The average molecular weight is 369 g/mol. The smallest absolute Gasteiger partial charge is 0.254 e. The highest BCUT2D eigenvalue weighted by Gasteiger charge is 2.46. The van der Waals surface area contributed by atoms with Gasteiger partial charge in [0.2, 0.25) is 0 Å². The van der Waals surface area contributed by atoms with E-state index < -0.39 is 0 Å². The minimum Gasteiger partial charge on any atom is -0.348 e. The molecule has 4 heterocycles. The van der Waals surface area contributed by atoms with E-state index in [9.17, 15) is 9.59 Å². The van der Waals surface area contributed by atoms with Crippen LogP contribution in [0.3, 0.4) is 0 Å². The second kappa shape index (κ2) is 6.96. The molecule has 0 radical (unpaired) electrons. The number of hydrogen-bond donors (Lipinski definition) is 1. The zero-order chi connectivity index (χ0) is 19.0. The van der Waals surface area contributed by atoms with Gasteiger partial charge in [0.05, 0.1) is 17.6 Å². The molecule has 1 amide bonds. The monoisotopic (exact) mass is 369 g/mol. The molecule has 4 rings (SSSR count). The Morgan fingerprint density at radius 3 is 2.78 bits per heavy atom. The van der Waals surface area contributed by atoms with Crippen LogP contribution < -0.4 is 5.56 Å². The van der Waals surface area contributed by atoms with Gasteiger partial charge in [-0.1, -0.05) is 6.92 Å². The normalized spacial score (nSPS) is 19.3. The summed E-state index contributed by atoms with van der Waals surface area (Å²) in [6.45, 7) is 5.66. The van der Waals surface area contributed by atoms with E-state index in [0.29, 0.717) is 18.7 Å². The maximum Gasteiger partial charge on any atom is 0.254 e. The first kappa shape index (κ1) is 18.0. The molecule has 0 aromatic carbocycles. The molecular weight excluding hydrogens is 342 g/mol. The number of rotatable bonds is 3. The van der Waals surface area contributed by atoms with Crippen molar-refractivity contribution in [3.8, 4) is 0 Å². The maximum absolute atomic E-state index is 12.9. The predicted molar refractivity (Wildman–Crippen MR) is 103 cm³/mol. The number of aryl methyl sites for hydroxylation is 1. The van der Waals surface area contributed by atoms with Crippen LogP contribution in [0, 0.1) is 0 Å². The molecule has 1 fully saturated rings. The summed E-state index contributed by atoms with van der Waals surface area (Å²) < 4.78 is 1.48. The second-order valence-electron chi connectivity index (χ2n) is 7.66. The van der Waals surface area contributed by atoms with Gasteiger partial charge in [0.15, 0.2) is 0 Å². The molecule has 0 unspecified atom stereocenters. The first-order chi connectivity index (χ1) is 13.0. The fraction of sp³-hybridized carbons (Fsp3) is 0.550. The molecule has 0 bridgehead atoms. The van der Waals surface area contributed by atoms with Crippen molar-refractivity contribution in [1.29, 1.82) is 0 Å². The highest BCUT2D eigenvalue weighted by Crippen LogP contribution is 2.42. The number of H-pyrrole nitrogens is 1. The van der Waals surface area contributed by atoms with Crippen molar-refractivity contribution < 1.29 is 4.79 Å². The van der Waals surface area contributed by atoms with Crippen LogP contribution in [0.1, 0.15) is 47.9 Å². The summed E-state index contributed by atoms with van der Waals surface area (Å²) in [6.07, 6.45) is 7.33. The number of hydrogen-bond acceptors (Lipinski definition) is 4. The van der Waals surface area contributed by atoms with E-state index >= 15 is 0 Å². The van der Waals surface area contributed by atoms with Gasteiger partial charge in [-0.05, 0) is 31.9 Å². The Bertz CT molecular complexity index is 892. The van der Waals surface area contributed by atoms with Crippen molar-refractivity contribution in [2.45, 2.75) is 38.1 Å². The largest absolute Gasteiger partial charge is 0.348 e. The summed E-state index contributed by atoms with van der Waals surface area (Å²) in [4.78, 5) is 37.2. The number of aromatic nitrogens is 3. The van der Waals surface area contributed by atoms with Crippen LogP contribution >= 0.6 is 0 Å². The Kier molecular flexibility index (Phi) is 4.63. The average Bonchev–Trinajstić information content (AvgIpc) is 3.16. The number of imidazole rings is 1. The lowest BCUT2D eigenvalue weighted by molar-refractivity contribution is 0.00707. The zero-order valence-electron chi connectivity index (χ0n) is 16.1. The molecule has 2 aromatic heterocycles. The number of piperidine rings is 1. The number of amides is 1. The van der Waals surface area contributed by atoms with E-state index in [1.165, 1.54) is 22.0 Å². The Morgan fingerprint density at radius 1 is 1.30 bits per heavy atom. The van der Waals surface area contributed by atoms with Crippen LogP contribution in [-0.4, -0.2) is 56.4 Å². The highest BCUT2D eigenvalue weighted by molar-refractivity contribution is 5.94. The van der Waals surface area contributed by atoms with Crippen molar-refractivity contribution in [1.82, 2.24) is 24.3 Å². The third-order valence-electron chi connectivity index (χ3n) is 6.12. The topological polar surface area (TPSA) is 74.2 Å². The van der Waals surface area contributed by atoms with Gasteiger partial charge in [-0.3, -0.25) is 14.5 Å². The number of aromatic amines is 1. The summed E-state index contributed by atoms with van der Waals surface area (Å²) >= 11 is 0. The number of pyridine rings is 1. The quantitative estimate of drug-likeness (QED) is 0.890. The van der Waals surface area contributed by atoms with E-state index in [1.807, 2.05) is 4.90 Å². The Labute approximate surface area is 159 Å². The number of likely N-dealkylation sites (tertiary alicyclic amines) is 1. The van der Waals surface area contributed by atoms with Crippen molar-refractivity contribution in [2.24, 2.45) is 7.05 Å². The molecule has 1 N–H and O–H groups in total. The van der Waals surface area contributed by atoms with Gasteiger partial charge >= 0.3 is 0 Å². The molecule has 1 saturated heterocycles. The van der Waals surface area contributed by atoms with Crippen molar-refractivity contribution in [2.75, 3.05) is 26.2 Å². The Morgan fingerprint density at radius 2 is 2.07 bits per heavy atom. The van der Waals surface area contributed by atoms with Gasteiger partial charge in [-0.2, -0.15) is 0 Å². The lowest BCUT2D eigenvalue weighted by Gasteiger charge is -2.50. The van der Waals surface area contributed by atoms with Crippen LogP contribution in [0.4, 0.5) is 0 Å². The minimum absolute atomic E-state index is 0.0531. The first-order valence-corrected chi connectivity index (χ1v) is 9.79. The molecule has 0 saturated carbocycles. The van der Waals surface area contributed by atoms with E-state index in [0.717, 1.165) is 38.8 Å². The van der Waals surface area contributed by atoms with E-state index in [2.05, 4.69) is 21.8 Å². The van der Waals surface area contributed by atoms with Crippen molar-refractivity contribution in [3.63, 3.8) is 0 Å². The second-order valence-corrected chi connectivity index (χ2v) is 7.66. The Hall–Kier alpha value is -2.41. The molecule has 2 aliphatic rings. The van der Waals surface area contributed by atoms with Crippen LogP contribution in [0.25, 0.3) is 0 Å². The molecule has 144 valence electrons. The molecule has 7 heteroatoms. The summed E-state index contributed by atoms with van der Waals surface area (Å²) in [7, 11) is 1.69. The lowest BCUT2D eigenvalue weighted by atomic mass is 9.78. The van der Waals surface area contributed by atoms with Gasteiger partial charge < -0.3 is 14.5 Å². The van der Waals surface area contributed by atoms with Gasteiger partial charge in [0, 0.05) is 56.6 Å². The highest BCUT2D eigenvalue weighted by atomic mass is 16.2. The van der Waals surface area contributed by atoms with E-state index in [-0.39, 0.29) is 17.0 Å². The molecular formula is C20H27N5O2. The lowest BCUT2D eigenvalue weighted by Crippen LogP contribution is -2.57. The molecule has 27 heavy (non-hydrogen) atoms. The van der Waals surface area contributed by atoms with Gasteiger partial charge in [-0.15, -0.1) is 0 Å². The van der Waals surface area contributed by atoms with Gasteiger partial charge in [0.25, 0.3) is 11.5 Å².